The molecule has 2 aromatic rings. The normalized spacial score (nSPS) is 13.6. The molecule has 0 bridgehead atoms. The molecule has 33 heavy (non-hydrogen) atoms. The zero-order valence-electron chi connectivity index (χ0n) is 19.6. The van der Waals surface area contributed by atoms with E-state index in [2.05, 4.69) is 17.2 Å². The van der Waals surface area contributed by atoms with Gasteiger partial charge in [0, 0.05) is 44.6 Å². The summed E-state index contributed by atoms with van der Waals surface area (Å²) in [6.07, 6.45) is 7.03. The molecule has 1 aromatic carbocycles. The van der Waals surface area contributed by atoms with Gasteiger partial charge in [0.2, 0.25) is 5.91 Å². The number of anilines is 1. The van der Waals surface area contributed by atoms with Crippen LogP contribution in [0.1, 0.15) is 51.2 Å². The minimum absolute atomic E-state index is 0.162. The molecular formula is C26H32N4O3. The maximum absolute atomic E-state index is 13.5. The third kappa shape index (κ3) is 5.86. The van der Waals surface area contributed by atoms with E-state index in [4.69, 9.17) is 0 Å². The highest BCUT2D eigenvalue weighted by molar-refractivity contribution is 6.35. The van der Waals surface area contributed by atoms with Crippen LogP contribution in [0.5, 0.6) is 0 Å². The Morgan fingerprint density at radius 1 is 1.00 bits per heavy atom. The fourth-order valence-corrected chi connectivity index (χ4v) is 4.00. The maximum atomic E-state index is 13.5. The second kappa shape index (κ2) is 11.4. The number of pyridine rings is 1. The topological polar surface area (TPSA) is 82.6 Å². The van der Waals surface area contributed by atoms with Crippen LogP contribution < -0.4 is 5.32 Å². The summed E-state index contributed by atoms with van der Waals surface area (Å²) in [5.74, 6) is -0.639. The summed E-state index contributed by atoms with van der Waals surface area (Å²) in [5.41, 5.74) is 3.34. The average molecular weight is 449 g/mol. The highest BCUT2D eigenvalue weighted by Gasteiger charge is 2.40. The zero-order chi connectivity index (χ0) is 23.8. The van der Waals surface area contributed by atoms with Crippen molar-refractivity contribution in [3.8, 4) is 0 Å². The lowest BCUT2D eigenvalue weighted by molar-refractivity contribution is -0.137. The fraction of sp³-hybridized carbons (Fsp3) is 0.385. The molecule has 7 nitrogen and oxygen atoms in total. The number of amides is 3. The Bertz CT molecular complexity index is 1020. The number of unbranched alkanes of at least 4 members (excludes halogenated alkanes) is 2. The third-order valence-electron chi connectivity index (χ3n) is 5.74. The lowest BCUT2D eigenvalue weighted by Gasteiger charge is -2.25. The maximum Gasteiger partial charge on any atom is 0.277 e. The summed E-state index contributed by atoms with van der Waals surface area (Å²) in [7, 11) is 0. The van der Waals surface area contributed by atoms with E-state index in [0.717, 1.165) is 31.2 Å². The minimum atomic E-state index is -0.249. The van der Waals surface area contributed by atoms with Crippen LogP contribution in [0.2, 0.25) is 0 Å². The van der Waals surface area contributed by atoms with E-state index in [-0.39, 0.29) is 17.7 Å². The predicted octanol–water partition coefficient (Wildman–Crippen LogP) is 3.87. The van der Waals surface area contributed by atoms with E-state index in [1.807, 2.05) is 24.0 Å². The first kappa shape index (κ1) is 24.2. The highest BCUT2D eigenvalue weighted by Crippen LogP contribution is 2.32. The molecule has 2 heterocycles. The SMILES string of the molecule is CCCCCN1C(=O)C(c2ccc(NC(C)=O)cc2)=C(N(CC)CCc2ccncc2)C1=O. The molecule has 0 spiro atoms. The van der Waals surface area contributed by atoms with Crippen LogP contribution in [0.25, 0.3) is 5.57 Å². The molecule has 0 saturated carbocycles. The van der Waals surface area contributed by atoms with Gasteiger partial charge in [-0.25, -0.2) is 0 Å². The second-order valence-electron chi connectivity index (χ2n) is 8.14. The van der Waals surface area contributed by atoms with E-state index >= 15 is 0 Å². The number of hydrogen-bond acceptors (Lipinski definition) is 5. The van der Waals surface area contributed by atoms with Gasteiger partial charge in [-0.2, -0.15) is 0 Å². The first-order valence-corrected chi connectivity index (χ1v) is 11.6. The highest BCUT2D eigenvalue weighted by atomic mass is 16.2. The van der Waals surface area contributed by atoms with Crippen LogP contribution in [0.3, 0.4) is 0 Å². The molecule has 0 saturated heterocycles. The lowest BCUT2D eigenvalue weighted by atomic mass is 10.0. The molecule has 0 fully saturated rings. The molecule has 0 aliphatic carbocycles. The first-order valence-electron chi connectivity index (χ1n) is 11.6. The van der Waals surface area contributed by atoms with Gasteiger partial charge in [0.05, 0.1) is 5.57 Å². The van der Waals surface area contributed by atoms with Gasteiger partial charge in [-0.15, -0.1) is 0 Å². The van der Waals surface area contributed by atoms with Crippen molar-refractivity contribution < 1.29 is 14.4 Å². The predicted molar refractivity (Wildman–Crippen MR) is 129 cm³/mol. The van der Waals surface area contributed by atoms with Crippen LogP contribution >= 0.6 is 0 Å². The van der Waals surface area contributed by atoms with Gasteiger partial charge in [0.25, 0.3) is 11.8 Å². The number of likely N-dealkylation sites (N-methyl/N-ethyl adjacent to an activating group) is 1. The Hall–Kier alpha value is -3.48. The van der Waals surface area contributed by atoms with E-state index in [0.29, 0.717) is 42.2 Å². The van der Waals surface area contributed by atoms with Gasteiger partial charge in [-0.3, -0.25) is 24.3 Å². The van der Waals surface area contributed by atoms with Gasteiger partial charge in [-0.1, -0.05) is 31.9 Å². The molecular weight excluding hydrogens is 416 g/mol. The molecule has 0 radical (unpaired) electrons. The van der Waals surface area contributed by atoms with Crippen molar-refractivity contribution in [1.29, 1.82) is 0 Å². The molecule has 1 aliphatic heterocycles. The Morgan fingerprint density at radius 3 is 2.30 bits per heavy atom. The summed E-state index contributed by atoms with van der Waals surface area (Å²) >= 11 is 0. The summed E-state index contributed by atoms with van der Waals surface area (Å²) in [6, 6.07) is 11.0. The number of carbonyl (C=O) groups excluding carboxylic acids is 3. The number of aromatic nitrogens is 1. The van der Waals surface area contributed by atoms with Crippen LogP contribution in [0, 0.1) is 0 Å². The van der Waals surface area contributed by atoms with Gasteiger partial charge in [0.1, 0.15) is 5.70 Å². The largest absolute Gasteiger partial charge is 0.366 e. The Morgan fingerprint density at radius 2 is 1.70 bits per heavy atom. The average Bonchev–Trinajstić information content (AvgIpc) is 3.05. The Labute approximate surface area is 195 Å². The number of benzene rings is 1. The van der Waals surface area contributed by atoms with E-state index in [9.17, 15) is 14.4 Å². The van der Waals surface area contributed by atoms with Crippen LogP contribution in [0.4, 0.5) is 5.69 Å². The number of rotatable bonds is 11. The minimum Gasteiger partial charge on any atom is -0.366 e. The number of carbonyl (C=O) groups is 3. The molecule has 7 heteroatoms. The van der Waals surface area contributed by atoms with Crippen LogP contribution in [-0.2, 0) is 20.8 Å². The summed E-state index contributed by atoms with van der Waals surface area (Å²) in [6.45, 7) is 7.18. The molecule has 1 aliphatic rings. The number of imide groups is 1. The first-order chi connectivity index (χ1) is 16.0. The van der Waals surface area contributed by atoms with Gasteiger partial charge in [0.15, 0.2) is 0 Å². The molecule has 174 valence electrons. The zero-order valence-corrected chi connectivity index (χ0v) is 19.6. The summed E-state index contributed by atoms with van der Waals surface area (Å²) in [4.78, 5) is 45.7. The molecule has 0 atom stereocenters. The molecule has 0 unspecified atom stereocenters. The third-order valence-corrected chi connectivity index (χ3v) is 5.74. The number of hydrogen-bond donors (Lipinski definition) is 1. The van der Waals surface area contributed by atoms with Crippen LogP contribution in [0.15, 0.2) is 54.5 Å². The van der Waals surface area contributed by atoms with Crippen molar-refractivity contribution in [3.05, 3.63) is 65.6 Å². The Kier molecular flexibility index (Phi) is 8.35. The van der Waals surface area contributed by atoms with E-state index < -0.39 is 0 Å². The molecule has 1 aromatic heterocycles. The van der Waals surface area contributed by atoms with Crippen LogP contribution in [-0.4, -0.2) is 52.1 Å². The van der Waals surface area contributed by atoms with Crippen molar-refractivity contribution in [2.24, 2.45) is 0 Å². The smallest absolute Gasteiger partial charge is 0.277 e. The van der Waals surface area contributed by atoms with Crippen molar-refractivity contribution in [3.63, 3.8) is 0 Å². The quantitative estimate of drug-likeness (QED) is 0.417. The van der Waals surface area contributed by atoms with E-state index in [1.54, 1.807) is 36.7 Å². The fourth-order valence-electron chi connectivity index (χ4n) is 4.00. The van der Waals surface area contributed by atoms with Gasteiger partial charge >= 0.3 is 0 Å². The summed E-state index contributed by atoms with van der Waals surface area (Å²) < 4.78 is 0. The summed E-state index contributed by atoms with van der Waals surface area (Å²) in [5, 5.41) is 2.74. The second-order valence-corrected chi connectivity index (χ2v) is 8.14. The van der Waals surface area contributed by atoms with Crippen molar-refractivity contribution >= 4 is 29.0 Å². The van der Waals surface area contributed by atoms with Gasteiger partial charge < -0.3 is 10.2 Å². The van der Waals surface area contributed by atoms with Crippen molar-refractivity contribution in [2.75, 3.05) is 25.0 Å². The lowest BCUT2D eigenvalue weighted by Crippen LogP contribution is -2.36. The standard InChI is InChI=1S/C26H32N4O3/c1-4-6-7-17-30-25(32)23(21-8-10-22(11-9-21)28-19(3)31)24(26(30)33)29(5-2)18-14-20-12-15-27-16-13-20/h8-13,15-16H,4-7,14,17-18H2,1-3H3,(H,28,31). The molecule has 3 rings (SSSR count). The monoisotopic (exact) mass is 448 g/mol. The van der Waals surface area contributed by atoms with Crippen molar-refractivity contribution in [1.82, 2.24) is 14.8 Å². The molecule has 1 N–H and O–H groups in total. The number of nitrogens with zero attached hydrogens (tertiary/aromatic N) is 3. The van der Waals surface area contributed by atoms with Gasteiger partial charge in [-0.05, 0) is 55.2 Å². The molecule has 3 amide bonds. The number of nitrogens with one attached hydrogen (secondary N) is 1. The Balaban J connectivity index is 1.94. The van der Waals surface area contributed by atoms with Crippen molar-refractivity contribution in [2.45, 2.75) is 46.5 Å². The van der Waals surface area contributed by atoms with E-state index in [1.165, 1.54) is 11.8 Å².